The number of carboxylic acids is 1. The van der Waals surface area contributed by atoms with Gasteiger partial charge in [-0.2, -0.15) is 11.8 Å². The fourth-order valence-corrected chi connectivity index (χ4v) is 2.01. The summed E-state index contributed by atoms with van der Waals surface area (Å²) in [6, 6.07) is 2.24. The van der Waals surface area contributed by atoms with Gasteiger partial charge in [-0.05, 0) is 30.0 Å². The Labute approximate surface area is 114 Å². The van der Waals surface area contributed by atoms with E-state index in [9.17, 15) is 13.6 Å². The molecule has 0 unspecified atom stereocenters. The van der Waals surface area contributed by atoms with Gasteiger partial charge >= 0.3 is 5.97 Å². The number of hydrogen-bond donors (Lipinski definition) is 1. The van der Waals surface area contributed by atoms with E-state index in [1.807, 2.05) is 6.26 Å². The van der Waals surface area contributed by atoms with Crippen LogP contribution in [0.3, 0.4) is 0 Å². The molecular weight excluding hydrogens is 272 g/mol. The number of thioether (sulfide) groups is 1. The maximum Gasteiger partial charge on any atom is 0.328 e. The quantitative estimate of drug-likeness (QED) is 0.817. The summed E-state index contributed by atoms with van der Waals surface area (Å²) in [4.78, 5) is 11.9. The summed E-state index contributed by atoms with van der Waals surface area (Å²) >= 11 is 1.59. The third-order valence-electron chi connectivity index (χ3n) is 2.47. The second-order valence-corrected chi connectivity index (χ2v) is 4.90. The molecule has 0 atom stereocenters. The standard InChI is InChI=1S/C13H15F2NO2S/c1-16(5-6-19-2)13-10(14)7-9(8-11(13)15)3-4-12(17)18/h3-4,7-8H,5-6H2,1-2H3,(H,17,18)/b4-3+. The Kier molecular flexibility index (Phi) is 5.82. The molecule has 0 aliphatic rings. The number of carbonyl (C=O) groups is 1. The van der Waals surface area contributed by atoms with E-state index in [0.29, 0.717) is 6.54 Å². The predicted octanol–water partition coefficient (Wildman–Crippen LogP) is 2.86. The van der Waals surface area contributed by atoms with E-state index in [1.54, 1.807) is 18.8 Å². The number of halogens is 2. The van der Waals surface area contributed by atoms with Crippen LogP contribution in [0.1, 0.15) is 5.56 Å². The van der Waals surface area contributed by atoms with Crippen LogP contribution in [0, 0.1) is 11.6 Å². The van der Waals surface area contributed by atoms with E-state index in [1.165, 1.54) is 4.90 Å². The lowest BCUT2D eigenvalue weighted by Gasteiger charge is -2.20. The van der Waals surface area contributed by atoms with Crippen LogP contribution in [-0.2, 0) is 4.79 Å². The Bertz CT molecular complexity index is 469. The fraction of sp³-hybridized carbons (Fsp3) is 0.308. The van der Waals surface area contributed by atoms with Crippen LogP contribution in [0.15, 0.2) is 18.2 Å². The highest BCUT2D eigenvalue weighted by Gasteiger charge is 2.14. The third-order valence-corrected chi connectivity index (χ3v) is 3.06. The Hall–Kier alpha value is -1.56. The molecule has 0 spiro atoms. The normalized spacial score (nSPS) is 10.9. The van der Waals surface area contributed by atoms with Crippen molar-refractivity contribution in [3.05, 3.63) is 35.4 Å². The SMILES string of the molecule is CSCCN(C)c1c(F)cc(/C=C/C(=O)O)cc1F. The number of nitrogens with zero attached hydrogens (tertiary/aromatic N) is 1. The molecular formula is C13H15F2NO2S. The molecule has 0 heterocycles. The van der Waals surface area contributed by atoms with Crippen molar-refractivity contribution in [2.24, 2.45) is 0 Å². The van der Waals surface area contributed by atoms with Gasteiger partial charge in [-0.25, -0.2) is 13.6 Å². The van der Waals surface area contributed by atoms with Crippen molar-refractivity contribution in [2.75, 3.05) is 30.5 Å². The van der Waals surface area contributed by atoms with Crippen molar-refractivity contribution in [1.82, 2.24) is 0 Å². The average molecular weight is 287 g/mol. The van der Waals surface area contributed by atoms with Crippen LogP contribution in [0.25, 0.3) is 6.08 Å². The van der Waals surface area contributed by atoms with Crippen molar-refractivity contribution in [1.29, 1.82) is 0 Å². The summed E-state index contributed by atoms with van der Waals surface area (Å²) in [6.45, 7) is 0.527. The van der Waals surface area contributed by atoms with E-state index in [2.05, 4.69) is 0 Å². The molecule has 1 aromatic carbocycles. The minimum absolute atomic E-state index is 0.0958. The second kappa shape index (κ2) is 7.13. The number of anilines is 1. The molecule has 104 valence electrons. The van der Waals surface area contributed by atoms with Gasteiger partial charge in [0, 0.05) is 25.4 Å². The topological polar surface area (TPSA) is 40.5 Å². The van der Waals surface area contributed by atoms with Gasteiger partial charge in [0.25, 0.3) is 0 Å². The molecule has 0 saturated carbocycles. The molecule has 0 saturated heterocycles. The Morgan fingerprint density at radius 1 is 1.42 bits per heavy atom. The van der Waals surface area contributed by atoms with E-state index >= 15 is 0 Å². The summed E-state index contributed by atoms with van der Waals surface area (Å²) in [5.74, 6) is -1.81. The number of aliphatic carboxylic acids is 1. The molecule has 0 amide bonds. The highest BCUT2D eigenvalue weighted by Crippen LogP contribution is 2.24. The predicted molar refractivity (Wildman–Crippen MR) is 74.7 cm³/mol. The molecule has 19 heavy (non-hydrogen) atoms. The number of benzene rings is 1. The zero-order valence-electron chi connectivity index (χ0n) is 10.7. The second-order valence-electron chi connectivity index (χ2n) is 3.92. The minimum Gasteiger partial charge on any atom is -0.478 e. The van der Waals surface area contributed by atoms with E-state index in [-0.39, 0.29) is 11.3 Å². The van der Waals surface area contributed by atoms with Gasteiger partial charge in [0.1, 0.15) is 17.3 Å². The molecule has 0 radical (unpaired) electrons. The lowest BCUT2D eigenvalue weighted by atomic mass is 10.1. The van der Waals surface area contributed by atoms with Crippen LogP contribution in [-0.4, -0.2) is 36.7 Å². The Morgan fingerprint density at radius 2 is 2.00 bits per heavy atom. The van der Waals surface area contributed by atoms with E-state index in [0.717, 1.165) is 30.0 Å². The van der Waals surface area contributed by atoms with Crippen molar-refractivity contribution in [3.63, 3.8) is 0 Å². The molecule has 6 heteroatoms. The molecule has 3 nitrogen and oxygen atoms in total. The van der Waals surface area contributed by atoms with E-state index < -0.39 is 17.6 Å². The maximum atomic E-state index is 13.8. The summed E-state index contributed by atoms with van der Waals surface area (Å²) < 4.78 is 27.7. The molecule has 1 aromatic rings. The van der Waals surface area contributed by atoms with Gasteiger partial charge in [0.05, 0.1) is 0 Å². The van der Waals surface area contributed by atoms with Crippen molar-refractivity contribution in [2.45, 2.75) is 0 Å². The monoisotopic (exact) mass is 287 g/mol. The third kappa shape index (κ3) is 4.55. The Balaban J connectivity index is 3.00. The largest absolute Gasteiger partial charge is 0.478 e. The molecule has 0 aliphatic carbocycles. The molecule has 0 fully saturated rings. The Morgan fingerprint density at radius 3 is 2.47 bits per heavy atom. The smallest absolute Gasteiger partial charge is 0.328 e. The van der Waals surface area contributed by atoms with Gasteiger partial charge in [0.2, 0.25) is 0 Å². The molecule has 1 N–H and O–H groups in total. The number of rotatable bonds is 6. The van der Waals surface area contributed by atoms with Crippen molar-refractivity contribution < 1.29 is 18.7 Å². The summed E-state index contributed by atoms with van der Waals surface area (Å²) in [5.41, 5.74) is 0.0842. The van der Waals surface area contributed by atoms with E-state index in [4.69, 9.17) is 5.11 Å². The maximum absolute atomic E-state index is 13.8. The lowest BCUT2D eigenvalue weighted by molar-refractivity contribution is -0.131. The molecule has 0 bridgehead atoms. The molecule has 0 aromatic heterocycles. The highest BCUT2D eigenvalue weighted by molar-refractivity contribution is 7.98. The first-order valence-electron chi connectivity index (χ1n) is 5.56. The van der Waals surface area contributed by atoms with Crippen LogP contribution in [0.4, 0.5) is 14.5 Å². The average Bonchev–Trinajstić information content (AvgIpc) is 2.33. The fourth-order valence-electron chi connectivity index (χ4n) is 1.55. The number of hydrogen-bond acceptors (Lipinski definition) is 3. The van der Waals surface area contributed by atoms with Crippen LogP contribution < -0.4 is 4.90 Å². The molecule has 1 rings (SSSR count). The zero-order valence-corrected chi connectivity index (χ0v) is 11.5. The van der Waals surface area contributed by atoms with Crippen LogP contribution in [0.2, 0.25) is 0 Å². The summed E-state index contributed by atoms with van der Waals surface area (Å²) in [6.07, 6.45) is 3.91. The summed E-state index contributed by atoms with van der Waals surface area (Å²) in [5, 5.41) is 8.47. The van der Waals surface area contributed by atoms with Crippen molar-refractivity contribution in [3.8, 4) is 0 Å². The number of carboxylic acid groups (broad SMARTS) is 1. The zero-order chi connectivity index (χ0) is 14.4. The van der Waals surface area contributed by atoms with Crippen LogP contribution in [0.5, 0.6) is 0 Å². The first-order valence-corrected chi connectivity index (χ1v) is 6.95. The van der Waals surface area contributed by atoms with Crippen molar-refractivity contribution >= 4 is 29.5 Å². The van der Waals surface area contributed by atoms with Gasteiger partial charge in [-0.15, -0.1) is 0 Å². The van der Waals surface area contributed by atoms with Gasteiger partial charge in [-0.3, -0.25) is 0 Å². The first-order chi connectivity index (χ1) is 8.95. The van der Waals surface area contributed by atoms with Crippen LogP contribution >= 0.6 is 11.8 Å². The van der Waals surface area contributed by atoms with Gasteiger partial charge < -0.3 is 10.0 Å². The van der Waals surface area contributed by atoms with Gasteiger partial charge in [0.15, 0.2) is 0 Å². The summed E-state index contributed by atoms with van der Waals surface area (Å²) in [7, 11) is 1.62. The minimum atomic E-state index is -1.16. The molecule has 0 aliphatic heterocycles. The van der Waals surface area contributed by atoms with Gasteiger partial charge in [-0.1, -0.05) is 0 Å². The first kappa shape index (κ1) is 15.5. The highest BCUT2D eigenvalue weighted by atomic mass is 32.2. The lowest BCUT2D eigenvalue weighted by Crippen LogP contribution is -2.22.